The van der Waals surface area contributed by atoms with Crippen molar-refractivity contribution < 1.29 is 5.11 Å². The van der Waals surface area contributed by atoms with E-state index in [0.717, 1.165) is 12.8 Å². The summed E-state index contributed by atoms with van der Waals surface area (Å²) >= 11 is 0. The molecule has 1 heteroatoms. The normalized spacial score (nSPS) is 27.0. The average Bonchev–Trinajstić information content (AvgIpc) is 2.44. The Morgan fingerprint density at radius 3 is 2.73 bits per heavy atom. The summed E-state index contributed by atoms with van der Waals surface area (Å²) in [6, 6.07) is 0. The molecule has 0 aromatic heterocycles. The molecule has 0 bridgehead atoms. The molecule has 0 saturated carbocycles. The second kappa shape index (κ2) is 4.98. The zero-order valence-electron chi connectivity index (χ0n) is 10.5. The Hall–Kier alpha value is -0.560. The number of hydrogen-bond acceptors (Lipinski definition) is 1. The van der Waals surface area contributed by atoms with Crippen LogP contribution in [0.15, 0.2) is 23.8 Å². The summed E-state index contributed by atoms with van der Waals surface area (Å²) < 4.78 is 0. The summed E-state index contributed by atoms with van der Waals surface area (Å²) in [5, 5.41) is 9.41. The third-order valence-electron chi connectivity index (χ3n) is 3.94. The molecule has 2 atom stereocenters. The van der Waals surface area contributed by atoms with Gasteiger partial charge in [-0.05, 0) is 37.5 Å². The Balaban J connectivity index is 2.45. The first-order valence-electron chi connectivity index (χ1n) is 6.00. The van der Waals surface area contributed by atoms with Gasteiger partial charge in [-0.25, -0.2) is 0 Å². The fourth-order valence-electron chi connectivity index (χ4n) is 2.13. The predicted molar refractivity (Wildman–Crippen MR) is 65.7 cm³/mol. The molecule has 15 heavy (non-hydrogen) atoms. The van der Waals surface area contributed by atoms with E-state index in [1.807, 2.05) is 13.0 Å². The Bertz CT molecular complexity index is 261. The van der Waals surface area contributed by atoms with Gasteiger partial charge in [0, 0.05) is 0 Å². The van der Waals surface area contributed by atoms with Crippen LogP contribution in [0, 0.1) is 11.3 Å². The van der Waals surface area contributed by atoms with Crippen LogP contribution in [-0.2, 0) is 0 Å². The zero-order valence-corrected chi connectivity index (χ0v) is 10.5. The molecule has 0 aromatic carbocycles. The van der Waals surface area contributed by atoms with Crippen LogP contribution < -0.4 is 0 Å². The molecule has 0 saturated heterocycles. The molecule has 86 valence electrons. The van der Waals surface area contributed by atoms with Gasteiger partial charge in [0.2, 0.25) is 0 Å². The smallest absolute Gasteiger partial charge is 0.0718 e. The molecule has 1 aliphatic carbocycles. The van der Waals surface area contributed by atoms with Gasteiger partial charge in [-0.3, -0.25) is 0 Å². The molecule has 1 N–H and O–H groups in total. The van der Waals surface area contributed by atoms with E-state index in [1.54, 1.807) is 0 Å². The summed E-state index contributed by atoms with van der Waals surface area (Å²) in [5.41, 5.74) is 1.85. The molecule has 0 unspecified atom stereocenters. The van der Waals surface area contributed by atoms with Crippen molar-refractivity contribution >= 4 is 0 Å². The zero-order chi connectivity index (χ0) is 11.5. The molecular weight excluding hydrogens is 184 g/mol. The van der Waals surface area contributed by atoms with Crippen molar-refractivity contribution in [3.8, 4) is 0 Å². The molecule has 0 aliphatic heterocycles. The maximum absolute atomic E-state index is 9.41. The van der Waals surface area contributed by atoms with Crippen LogP contribution in [-0.4, -0.2) is 11.2 Å². The van der Waals surface area contributed by atoms with Crippen molar-refractivity contribution in [3.05, 3.63) is 23.8 Å². The Morgan fingerprint density at radius 1 is 1.60 bits per heavy atom. The van der Waals surface area contributed by atoms with Gasteiger partial charge in [0.05, 0.1) is 6.10 Å². The third-order valence-corrected chi connectivity index (χ3v) is 3.94. The van der Waals surface area contributed by atoms with Gasteiger partial charge in [-0.15, -0.1) is 0 Å². The molecular formula is C14H24O. The molecule has 1 nitrogen and oxygen atoms in total. The van der Waals surface area contributed by atoms with Crippen molar-refractivity contribution in [2.75, 3.05) is 0 Å². The van der Waals surface area contributed by atoms with Gasteiger partial charge < -0.3 is 5.11 Å². The first kappa shape index (κ1) is 12.5. The van der Waals surface area contributed by atoms with Crippen molar-refractivity contribution in [1.82, 2.24) is 0 Å². The Morgan fingerprint density at radius 2 is 2.27 bits per heavy atom. The minimum atomic E-state index is -0.261. The summed E-state index contributed by atoms with van der Waals surface area (Å²) in [6.45, 7) is 8.87. The Kier molecular flexibility index (Phi) is 4.15. The van der Waals surface area contributed by atoms with Crippen LogP contribution in [0.2, 0.25) is 0 Å². The summed E-state index contributed by atoms with van der Waals surface area (Å²) in [4.78, 5) is 0. The maximum atomic E-state index is 9.41. The van der Waals surface area contributed by atoms with Crippen LogP contribution in [0.1, 0.15) is 47.0 Å². The summed E-state index contributed by atoms with van der Waals surface area (Å²) in [5.74, 6) is 0.706. The van der Waals surface area contributed by atoms with Gasteiger partial charge in [0.1, 0.15) is 0 Å². The standard InChI is InChI=1S/C14H24O/c1-5-13(15)8-6-7-12-10-9-11(2)14(12,3)4/h6,8-9,12-13,15H,5,7,10H2,1-4H3/b8-6+/t12-,13-/m1/s1. The SMILES string of the molecule is CC[C@@H](O)/C=C/C[C@@H]1CC=C(C)C1(C)C. The van der Waals surface area contributed by atoms with E-state index in [-0.39, 0.29) is 6.10 Å². The summed E-state index contributed by atoms with van der Waals surface area (Å²) in [7, 11) is 0. The lowest BCUT2D eigenvalue weighted by molar-refractivity contribution is 0.218. The van der Waals surface area contributed by atoms with Crippen LogP contribution in [0.5, 0.6) is 0 Å². The van der Waals surface area contributed by atoms with Gasteiger partial charge in [-0.1, -0.05) is 44.6 Å². The number of aliphatic hydroxyl groups excluding tert-OH is 1. The second-order valence-electron chi connectivity index (χ2n) is 5.18. The molecule has 1 rings (SSSR count). The van der Waals surface area contributed by atoms with Gasteiger partial charge in [-0.2, -0.15) is 0 Å². The minimum absolute atomic E-state index is 0.261. The van der Waals surface area contributed by atoms with E-state index < -0.39 is 0 Å². The topological polar surface area (TPSA) is 20.2 Å². The molecule has 0 fully saturated rings. The van der Waals surface area contributed by atoms with Gasteiger partial charge in [0.25, 0.3) is 0 Å². The third kappa shape index (κ3) is 2.94. The molecule has 0 amide bonds. The average molecular weight is 208 g/mol. The van der Waals surface area contributed by atoms with Gasteiger partial charge >= 0.3 is 0 Å². The van der Waals surface area contributed by atoms with Crippen LogP contribution >= 0.6 is 0 Å². The van der Waals surface area contributed by atoms with E-state index in [9.17, 15) is 5.11 Å². The lowest BCUT2D eigenvalue weighted by Gasteiger charge is -2.28. The number of allylic oxidation sites excluding steroid dienone is 3. The van der Waals surface area contributed by atoms with Crippen molar-refractivity contribution in [2.24, 2.45) is 11.3 Å². The van der Waals surface area contributed by atoms with E-state index in [2.05, 4.69) is 32.9 Å². The Labute approximate surface area is 93.9 Å². The van der Waals surface area contributed by atoms with E-state index in [4.69, 9.17) is 0 Å². The van der Waals surface area contributed by atoms with Crippen molar-refractivity contribution in [3.63, 3.8) is 0 Å². The number of hydrogen-bond donors (Lipinski definition) is 1. The number of aliphatic hydroxyl groups is 1. The second-order valence-corrected chi connectivity index (χ2v) is 5.18. The van der Waals surface area contributed by atoms with Crippen LogP contribution in [0.3, 0.4) is 0 Å². The fraction of sp³-hybridized carbons (Fsp3) is 0.714. The first-order chi connectivity index (χ1) is 6.98. The lowest BCUT2D eigenvalue weighted by Crippen LogP contribution is -2.19. The van der Waals surface area contributed by atoms with Crippen molar-refractivity contribution in [1.29, 1.82) is 0 Å². The predicted octanol–water partition coefficient (Wildman–Crippen LogP) is 3.70. The molecule has 0 aromatic rings. The highest BCUT2D eigenvalue weighted by Gasteiger charge is 2.33. The highest BCUT2D eigenvalue weighted by Crippen LogP contribution is 2.44. The molecule has 1 aliphatic rings. The van der Waals surface area contributed by atoms with Gasteiger partial charge in [0.15, 0.2) is 0 Å². The van der Waals surface area contributed by atoms with Crippen LogP contribution in [0.25, 0.3) is 0 Å². The summed E-state index contributed by atoms with van der Waals surface area (Å²) in [6.07, 6.45) is 9.25. The molecule has 0 spiro atoms. The first-order valence-corrected chi connectivity index (χ1v) is 6.00. The number of rotatable bonds is 4. The largest absolute Gasteiger partial charge is 0.389 e. The molecule has 0 radical (unpaired) electrons. The minimum Gasteiger partial charge on any atom is -0.389 e. The highest BCUT2D eigenvalue weighted by molar-refractivity contribution is 5.19. The maximum Gasteiger partial charge on any atom is 0.0718 e. The lowest BCUT2D eigenvalue weighted by atomic mass is 9.76. The van der Waals surface area contributed by atoms with E-state index in [1.165, 1.54) is 12.0 Å². The van der Waals surface area contributed by atoms with E-state index >= 15 is 0 Å². The van der Waals surface area contributed by atoms with Crippen LogP contribution in [0.4, 0.5) is 0 Å². The van der Waals surface area contributed by atoms with E-state index in [0.29, 0.717) is 11.3 Å². The van der Waals surface area contributed by atoms with Crippen molar-refractivity contribution in [2.45, 2.75) is 53.1 Å². The highest BCUT2D eigenvalue weighted by atomic mass is 16.3. The monoisotopic (exact) mass is 208 g/mol. The quantitative estimate of drug-likeness (QED) is 0.698. The fourth-order valence-corrected chi connectivity index (χ4v) is 2.13. The molecule has 0 heterocycles.